The topological polar surface area (TPSA) is 84.9 Å². The van der Waals surface area contributed by atoms with Crippen LogP contribution in [-0.4, -0.2) is 46.5 Å². The summed E-state index contributed by atoms with van der Waals surface area (Å²) >= 11 is 0. The van der Waals surface area contributed by atoms with Crippen LogP contribution >= 0.6 is 0 Å². The Morgan fingerprint density at radius 1 is 1.37 bits per heavy atom. The van der Waals surface area contributed by atoms with E-state index in [4.69, 9.17) is 14.6 Å². The maximum Gasteiger partial charge on any atom is 0.240 e. The van der Waals surface area contributed by atoms with Crippen molar-refractivity contribution in [3.63, 3.8) is 0 Å². The van der Waals surface area contributed by atoms with Gasteiger partial charge in [-0.15, -0.1) is 0 Å². The van der Waals surface area contributed by atoms with Gasteiger partial charge >= 0.3 is 0 Å². The van der Waals surface area contributed by atoms with Crippen molar-refractivity contribution in [3.05, 3.63) is 24.3 Å². The lowest BCUT2D eigenvalue weighted by Crippen LogP contribution is -2.30. The van der Waals surface area contributed by atoms with E-state index in [2.05, 4.69) is 4.72 Å². The first-order chi connectivity index (χ1) is 8.95. The largest absolute Gasteiger partial charge is 0.491 e. The van der Waals surface area contributed by atoms with Crippen molar-refractivity contribution in [2.75, 3.05) is 26.9 Å². The summed E-state index contributed by atoms with van der Waals surface area (Å²) in [4.78, 5) is 0.100. The van der Waals surface area contributed by atoms with Gasteiger partial charge in [0.15, 0.2) is 0 Å². The summed E-state index contributed by atoms with van der Waals surface area (Å²) in [5.74, 6) is 0.456. The molecule has 0 saturated heterocycles. The molecule has 0 heterocycles. The monoisotopic (exact) mass is 289 g/mol. The minimum Gasteiger partial charge on any atom is -0.491 e. The molecule has 0 fully saturated rings. The molecule has 6 nitrogen and oxygen atoms in total. The first-order valence-corrected chi connectivity index (χ1v) is 7.33. The lowest BCUT2D eigenvalue weighted by Gasteiger charge is -2.10. The first-order valence-electron chi connectivity index (χ1n) is 5.85. The molecule has 1 unspecified atom stereocenters. The lowest BCUT2D eigenvalue weighted by atomic mass is 10.3. The van der Waals surface area contributed by atoms with Gasteiger partial charge in [-0.2, -0.15) is 0 Å². The maximum atomic E-state index is 11.9. The quantitative estimate of drug-likeness (QED) is 0.675. The van der Waals surface area contributed by atoms with Gasteiger partial charge in [0.2, 0.25) is 10.0 Å². The Hall–Kier alpha value is -1.15. The Labute approximate surface area is 113 Å². The van der Waals surface area contributed by atoms with Gasteiger partial charge in [-0.3, -0.25) is 0 Å². The van der Waals surface area contributed by atoms with E-state index in [0.717, 1.165) is 0 Å². The van der Waals surface area contributed by atoms with Crippen molar-refractivity contribution in [2.24, 2.45) is 0 Å². The Morgan fingerprint density at radius 3 is 2.74 bits per heavy atom. The third-order valence-electron chi connectivity index (χ3n) is 2.24. The molecule has 108 valence electrons. The molecule has 1 aromatic rings. The normalized spacial score (nSPS) is 13.2. The molecular weight excluding hydrogens is 270 g/mol. The number of nitrogens with one attached hydrogen (secondary N) is 1. The summed E-state index contributed by atoms with van der Waals surface area (Å²) in [5, 5.41) is 9.09. The highest BCUT2D eigenvalue weighted by molar-refractivity contribution is 7.89. The van der Waals surface area contributed by atoms with Crippen LogP contribution in [-0.2, 0) is 14.8 Å². The number of benzene rings is 1. The Morgan fingerprint density at radius 2 is 2.11 bits per heavy atom. The molecule has 1 rings (SSSR count). The number of rotatable bonds is 8. The second-order valence-corrected chi connectivity index (χ2v) is 5.78. The van der Waals surface area contributed by atoms with E-state index in [1.165, 1.54) is 19.1 Å². The van der Waals surface area contributed by atoms with Gasteiger partial charge in [0.1, 0.15) is 12.4 Å². The summed E-state index contributed by atoms with van der Waals surface area (Å²) < 4.78 is 36.3. The van der Waals surface area contributed by atoms with E-state index in [0.29, 0.717) is 19.0 Å². The van der Waals surface area contributed by atoms with E-state index in [1.54, 1.807) is 19.2 Å². The van der Waals surface area contributed by atoms with Crippen LogP contribution < -0.4 is 9.46 Å². The van der Waals surface area contributed by atoms with Gasteiger partial charge in [-0.05, 0) is 19.1 Å². The molecule has 0 aromatic heterocycles. The van der Waals surface area contributed by atoms with Crippen molar-refractivity contribution in [1.82, 2.24) is 4.72 Å². The van der Waals surface area contributed by atoms with Crippen molar-refractivity contribution in [2.45, 2.75) is 17.9 Å². The molecule has 0 aliphatic heterocycles. The zero-order chi connectivity index (χ0) is 14.3. The molecule has 19 heavy (non-hydrogen) atoms. The fourth-order valence-electron chi connectivity index (χ4n) is 1.29. The van der Waals surface area contributed by atoms with Crippen LogP contribution in [0, 0.1) is 0 Å². The second-order valence-electron chi connectivity index (χ2n) is 4.02. The summed E-state index contributed by atoms with van der Waals surface area (Å²) in [5.41, 5.74) is 0. The van der Waals surface area contributed by atoms with Crippen LogP contribution in [0.5, 0.6) is 5.75 Å². The summed E-state index contributed by atoms with van der Waals surface area (Å²) in [6.45, 7) is 2.25. The number of methoxy groups -OCH3 is 1. The van der Waals surface area contributed by atoms with E-state index in [9.17, 15) is 8.42 Å². The van der Waals surface area contributed by atoms with Gasteiger partial charge in [-0.25, -0.2) is 13.1 Å². The molecule has 0 bridgehead atoms. The molecular formula is C12H19NO5S. The van der Waals surface area contributed by atoms with Crippen LogP contribution in [0.4, 0.5) is 0 Å². The van der Waals surface area contributed by atoms with Gasteiger partial charge < -0.3 is 14.6 Å². The maximum absolute atomic E-state index is 11.9. The van der Waals surface area contributed by atoms with Crippen molar-refractivity contribution in [3.8, 4) is 5.75 Å². The van der Waals surface area contributed by atoms with Gasteiger partial charge in [0.05, 0.1) is 17.6 Å². The minimum absolute atomic E-state index is 0.0307. The summed E-state index contributed by atoms with van der Waals surface area (Å²) in [6, 6.07) is 6.16. The predicted octanol–water partition coefficient (Wildman–Crippen LogP) is 0.371. The number of aliphatic hydroxyl groups excluding tert-OH is 1. The molecule has 0 saturated carbocycles. The SMILES string of the molecule is COCCOc1cccc(S(=O)(=O)NCC(C)O)c1. The van der Waals surface area contributed by atoms with Crippen LogP contribution in [0.15, 0.2) is 29.2 Å². The van der Waals surface area contributed by atoms with E-state index >= 15 is 0 Å². The lowest BCUT2D eigenvalue weighted by molar-refractivity contribution is 0.146. The minimum atomic E-state index is -3.63. The molecule has 7 heteroatoms. The van der Waals surface area contributed by atoms with E-state index < -0.39 is 16.1 Å². The number of hydrogen-bond donors (Lipinski definition) is 2. The zero-order valence-electron chi connectivity index (χ0n) is 11.0. The van der Waals surface area contributed by atoms with Crippen LogP contribution in [0.2, 0.25) is 0 Å². The molecule has 1 aromatic carbocycles. The fourth-order valence-corrected chi connectivity index (χ4v) is 2.44. The van der Waals surface area contributed by atoms with Crippen LogP contribution in [0.25, 0.3) is 0 Å². The molecule has 2 N–H and O–H groups in total. The fraction of sp³-hybridized carbons (Fsp3) is 0.500. The molecule has 0 amide bonds. The van der Waals surface area contributed by atoms with Crippen LogP contribution in [0.1, 0.15) is 6.92 Å². The number of sulfonamides is 1. The molecule has 1 atom stereocenters. The summed E-state index contributed by atoms with van der Waals surface area (Å²) in [7, 11) is -2.07. The van der Waals surface area contributed by atoms with Crippen molar-refractivity contribution < 1.29 is 23.0 Å². The average molecular weight is 289 g/mol. The highest BCUT2D eigenvalue weighted by atomic mass is 32.2. The smallest absolute Gasteiger partial charge is 0.240 e. The molecule has 0 radical (unpaired) electrons. The predicted molar refractivity (Wildman–Crippen MR) is 70.7 cm³/mol. The van der Waals surface area contributed by atoms with Crippen LogP contribution in [0.3, 0.4) is 0 Å². The molecule has 0 aliphatic rings. The molecule has 0 spiro atoms. The average Bonchev–Trinajstić information content (AvgIpc) is 2.37. The van der Waals surface area contributed by atoms with Crippen molar-refractivity contribution >= 4 is 10.0 Å². The third kappa shape index (κ3) is 5.56. The Kier molecular flexibility index (Phi) is 6.23. The highest BCUT2D eigenvalue weighted by Crippen LogP contribution is 2.17. The van der Waals surface area contributed by atoms with Gasteiger partial charge in [0, 0.05) is 19.7 Å². The third-order valence-corrected chi connectivity index (χ3v) is 3.66. The first kappa shape index (κ1) is 15.9. The summed E-state index contributed by atoms with van der Waals surface area (Å²) in [6.07, 6.45) is -0.740. The van der Waals surface area contributed by atoms with E-state index in [-0.39, 0.29) is 11.4 Å². The number of ether oxygens (including phenoxy) is 2. The number of hydrogen-bond acceptors (Lipinski definition) is 5. The van der Waals surface area contributed by atoms with Gasteiger partial charge in [-0.1, -0.05) is 6.07 Å². The highest BCUT2D eigenvalue weighted by Gasteiger charge is 2.15. The number of aliphatic hydroxyl groups is 1. The zero-order valence-corrected chi connectivity index (χ0v) is 11.8. The second kappa shape index (κ2) is 7.44. The Bertz CT molecular complexity index is 487. The Balaban J connectivity index is 2.74. The van der Waals surface area contributed by atoms with E-state index in [1.807, 2.05) is 0 Å². The standard InChI is InChI=1S/C12H19NO5S/c1-10(14)9-13-19(15,16)12-5-3-4-11(8-12)18-7-6-17-2/h3-5,8,10,13-14H,6-7,9H2,1-2H3. The van der Waals surface area contributed by atoms with Crippen molar-refractivity contribution in [1.29, 1.82) is 0 Å². The molecule has 0 aliphatic carbocycles. The van der Waals surface area contributed by atoms with Gasteiger partial charge in [0.25, 0.3) is 0 Å².